The van der Waals surface area contributed by atoms with Crippen LogP contribution in [-0.4, -0.2) is 30.8 Å². The van der Waals surface area contributed by atoms with Crippen molar-refractivity contribution in [1.29, 1.82) is 0 Å². The van der Waals surface area contributed by atoms with E-state index < -0.39 is 17.7 Å². The van der Waals surface area contributed by atoms with Crippen molar-refractivity contribution >= 4 is 23.6 Å². The molecule has 0 atom stereocenters. The van der Waals surface area contributed by atoms with Crippen LogP contribution in [0, 0.1) is 0 Å². The van der Waals surface area contributed by atoms with Crippen LogP contribution in [0.3, 0.4) is 0 Å². The normalized spacial score (nSPS) is 16.2. The van der Waals surface area contributed by atoms with Crippen molar-refractivity contribution in [3.63, 3.8) is 0 Å². The monoisotopic (exact) mass is 319 g/mol. The summed E-state index contributed by atoms with van der Waals surface area (Å²) in [5, 5.41) is 2.82. The lowest BCUT2D eigenvalue weighted by Crippen LogP contribution is -2.42. The number of carbonyl (C=O) groups excluding carboxylic acids is 3. The van der Waals surface area contributed by atoms with E-state index in [4.69, 9.17) is 9.47 Å². The maximum Gasteiger partial charge on any atom is 0.350 e. The van der Waals surface area contributed by atoms with Crippen molar-refractivity contribution in [1.82, 2.24) is 0 Å². The van der Waals surface area contributed by atoms with Gasteiger partial charge in [0.15, 0.2) is 5.57 Å². The fraction of sp³-hybridized carbons (Fsp3) is 0.312. The lowest BCUT2D eigenvalue weighted by molar-refractivity contribution is -0.222. The lowest BCUT2D eigenvalue weighted by Gasteiger charge is -2.29. The zero-order valence-electron chi connectivity index (χ0n) is 13.0. The Labute approximate surface area is 133 Å². The molecular formula is C16H17NO6. The molecule has 1 aliphatic heterocycles. The van der Waals surface area contributed by atoms with Crippen molar-refractivity contribution in [3.8, 4) is 0 Å². The minimum atomic E-state index is -1.27. The predicted octanol–water partition coefficient (Wildman–Crippen LogP) is 1.53. The Hall–Kier alpha value is -2.83. The van der Waals surface area contributed by atoms with Gasteiger partial charge in [0.05, 0.1) is 13.5 Å². The van der Waals surface area contributed by atoms with E-state index in [1.807, 2.05) is 0 Å². The molecule has 2 rings (SSSR count). The molecule has 0 aromatic heterocycles. The molecule has 7 heteroatoms. The maximum absolute atomic E-state index is 11.8. The summed E-state index contributed by atoms with van der Waals surface area (Å²) < 4.78 is 14.6. The summed E-state index contributed by atoms with van der Waals surface area (Å²) in [6.45, 7) is 2.95. The van der Waals surface area contributed by atoms with Gasteiger partial charge in [-0.3, -0.25) is 4.79 Å². The number of cyclic esters (lactones) is 2. The summed E-state index contributed by atoms with van der Waals surface area (Å²) in [5.41, 5.74) is 1.10. The summed E-state index contributed by atoms with van der Waals surface area (Å²) in [4.78, 5) is 34.9. The molecule has 1 aromatic rings. The van der Waals surface area contributed by atoms with Gasteiger partial charge >= 0.3 is 17.9 Å². The summed E-state index contributed by atoms with van der Waals surface area (Å²) in [7, 11) is 1.32. The van der Waals surface area contributed by atoms with Crippen LogP contribution in [0.25, 0.3) is 0 Å². The van der Waals surface area contributed by atoms with Gasteiger partial charge in [-0.1, -0.05) is 12.1 Å². The van der Waals surface area contributed by atoms with E-state index in [1.165, 1.54) is 27.2 Å². The minimum absolute atomic E-state index is 0.126. The molecule has 0 saturated carbocycles. The average molecular weight is 319 g/mol. The van der Waals surface area contributed by atoms with Gasteiger partial charge < -0.3 is 19.5 Å². The van der Waals surface area contributed by atoms with Crippen LogP contribution >= 0.6 is 0 Å². The Morgan fingerprint density at radius 3 is 2.52 bits per heavy atom. The van der Waals surface area contributed by atoms with E-state index >= 15 is 0 Å². The van der Waals surface area contributed by atoms with Gasteiger partial charge in [-0.15, -0.1) is 0 Å². The fourth-order valence-electron chi connectivity index (χ4n) is 1.94. The van der Waals surface area contributed by atoms with Gasteiger partial charge in [-0.05, 0) is 17.7 Å². The molecule has 1 aliphatic rings. The number of methoxy groups -OCH3 is 1. The first-order valence-electron chi connectivity index (χ1n) is 6.90. The number of carbonyl (C=O) groups is 3. The van der Waals surface area contributed by atoms with Gasteiger partial charge in [-0.2, -0.15) is 0 Å². The molecule has 1 fully saturated rings. The maximum atomic E-state index is 11.8. The Kier molecular flexibility index (Phi) is 4.68. The van der Waals surface area contributed by atoms with Crippen LogP contribution in [-0.2, 0) is 35.0 Å². The smallest absolute Gasteiger partial charge is 0.350 e. The number of ether oxygens (including phenoxy) is 3. The molecule has 1 N–H and O–H groups in total. The minimum Gasteiger partial charge on any atom is -0.469 e. The first kappa shape index (κ1) is 16.5. The number of benzene rings is 1. The number of rotatable bonds is 4. The van der Waals surface area contributed by atoms with E-state index in [2.05, 4.69) is 10.1 Å². The largest absolute Gasteiger partial charge is 0.469 e. The quantitative estimate of drug-likeness (QED) is 0.511. The zero-order chi connectivity index (χ0) is 17.0. The molecule has 0 amide bonds. The Bertz CT molecular complexity index is 655. The summed E-state index contributed by atoms with van der Waals surface area (Å²) in [5.74, 6) is -3.15. The van der Waals surface area contributed by atoms with Crippen molar-refractivity contribution in [3.05, 3.63) is 41.6 Å². The van der Waals surface area contributed by atoms with Crippen LogP contribution in [0.5, 0.6) is 0 Å². The molecule has 1 heterocycles. The first-order valence-corrected chi connectivity index (χ1v) is 6.90. The molecule has 1 saturated heterocycles. The van der Waals surface area contributed by atoms with E-state index in [9.17, 15) is 14.4 Å². The summed E-state index contributed by atoms with van der Waals surface area (Å²) in [6, 6.07) is 6.93. The standard InChI is InChI=1S/C16H17NO6/c1-16(2)22-14(19)12(15(20)23-16)9-17-11-6-4-5-10(7-11)8-13(18)21-3/h4-7,9,17H,8H2,1-3H3. The number of hydrogen-bond donors (Lipinski definition) is 1. The number of hydrogen-bond acceptors (Lipinski definition) is 7. The highest BCUT2D eigenvalue weighted by Crippen LogP contribution is 2.22. The fourth-order valence-corrected chi connectivity index (χ4v) is 1.94. The highest BCUT2D eigenvalue weighted by Gasteiger charge is 2.38. The lowest BCUT2D eigenvalue weighted by atomic mass is 10.1. The van der Waals surface area contributed by atoms with Crippen LogP contribution < -0.4 is 5.32 Å². The summed E-state index contributed by atoms with van der Waals surface area (Å²) >= 11 is 0. The number of anilines is 1. The Balaban J connectivity index is 2.11. The Morgan fingerprint density at radius 2 is 1.91 bits per heavy atom. The molecule has 0 aliphatic carbocycles. The highest BCUT2D eigenvalue weighted by molar-refractivity contribution is 6.15. The summed E-state index contributed by atoms with van der Waals surface area (Å²) in [6.07, 6.45) is 1.35. The molecule has 1 aromatic carbocycles. The molecule has 0 bridgehead atoms. The van der Waals surface area contributed by atoms with Crippen LogP contribution in [0.15, 0.2) is 36.0 Å². The van der Waals surface area contributed by atoms with Crippen molar-refractivity contribution < 1.29 is 28.6 Å². The molecule has 23 heavy (non-hydrogen) atoms. The van der Waals surface area contributed by atoms with Crippen LogP contribution in [0.4, 0.5) is 5.69 Å². The molecule has 7 nitrogen and oxygen atoms in total. The number of esters is 3. The zero-order valence-corrected chi connectivity index (χ0v) is 13.0. The molecule has 0 unspecified atom stereocenters. The Morgan fingerprint density at radius 1 is 1.26 bits per heavy atom. The molecule has 0 radical (unpaired) electrons. The third-order valence-electron chi connectivity index (χ3n) is 3.00. The van der Waals surface area contributed by atoms with Crippen molar-refractivity contribution in [2.75, 3.05) is 12.4 Å². The van der Waals surface area contributed by atoms with Gasteiger partial charge in [0.25, 0.3) is 5.79 Å². The van der Waals surface area contributed by atoms with Crippen LogP contribution in [0.2, 0.25) is 0 Å². The second-order valence-corrected chi connectivity index (χ2v) is 5.33. The topological polar surface area (TPSA) is 90.9 Å². The van der Waals surface area contributed by atoms with Gasteiger partial charge in [0.2, 0.25) is 0 Å². The van der Waals surface area contributed by atoms with Crippen LogP contribution in [0.1, 0.15) is 19.4 Å². The highest BCUT2D eigenvalue weighted by atomic mass is 16.7. The average Bonchev–Trinajstić information content (AvgIpc) is 2.45. The van der Waals surface area contributed by atoms with Gasteiger partial charge in [-0.25, -0.2) is 9.59 Å². The third-order valence-corrected chi connectivity index (χ3v) is 3.00. The van der Waals surface area contributed by atoms with E-state index in [1.54, 1.807) is 24.3 Å². The molecule has 0 spiro atoms. The van der Waals surface area contributed by atoms with Gasteiger partial charge in [0.1, 0.15) is 0 Å². The van der Waals surface area contributed by atoms with E-state index in [-0.39, 0.29) is 18.0 Å². The number of nitrogens with one attached hydrogen (secondary N) is 1. The van der Waals surface area contributed by atoms with Crippen molar-refractivity contribution in [2.45, 2.75) is 26.1 Å². The van der Waals surface area contributed by atoms with Gasteiger partial charge in [0, 0.05) is 25.7 Å². The van der Waals surface area contributed by atoms with E-state index in [0.29, 0.717) is 5.69 Å². The second-order valence-electron chi connectivity index (χ2n) is 5.33. The molecular weight excluding hydrogens is 302 g/mol. The predicted molar refractivity (Wildman–Crippen MR) is 80.1 cm³/mol. The van der Waals surface area contributed by atoms with E-state index in [0.717, 1.165) is 5.56 Å². The van der Waals surface area contributed by atoms with Crippen molar-refractivity contribution in [2.24, 2.45) is 0 Å². The first-order chi connectivity index (χ1) is 10.8. The third kappa shape index (κ3) is 4.32. The SMILES string of the molecule is COC(=O)Cc1cccc(NC=C2C(=O)OC(C)(C)OC2=O)c1. The molecule has 122 valence electrons. The second kappa shape index (κ2) is 6.51.